The molecule has 2 bridgehead atoms. The van der Waals surface area contributed by atoms with Crippen molar-refractivity contribution in [1.29, 1.82) is 0 Å². The van der Waals surface area contributed by atoms with Gasteiger partial charge in [0.05, 0.1) is 0 Å². The van der Waals surface area contributed by atoms with Crippen molar-refractivity contribution in [3.05, 3.63) is 71.8 Å². The van der Waals surface area contributed by atoms with E-state index in [9.17, 15) is 0 Å². The van der Waals surface area contributed by atoms with Gasteiger partial charge in [0.15, 0.2) is 0 Å². The topological polar surface area (TPSA) is 24.1 Å². The van der Waals surface area contributed by atoms with E-state index >= 15 is 0 Å². The summed E-state index contributed by atoms with van der Waals surface area (Å²) in [7, 11) is 0. The van der Waals surface area contributed by atoms with Crippen molar-refractivity contribution in [2.75, 3.05) is 26.2 Å². The summed E-state index contributed by atoms with van der Waals surface area (Å²) >= 11 is 0. The molecule has 2 N–H and O–H groups in total. The predicted molar refractivity (Wildman–Crippen MR) is 123 cm³/mol. The van der Waals surface area contributed by atoms with Crippen LogP contribution in [0.5, 0.6) is 0 Å². The summed E-state index contributed by atoms with van der Waals surface area (Å²) in [5.41, 5.74) is 3.43. The number of nitrogens with one attached hydrogen (secondary N) is 2. The summed E-state index contributed by atoms with van der Waals surface area (Å²) < 4.78 is 0. The van der Waals surface area contributed by atoms with Crippen LogP contribution in [-0.4, -0.2) is 26.2 Å². The van der Waals surface area contributed by atoms with Gasteiger partial charge in [-0.15, -0.1) is 0 Å². The molecule has 156 valence electrons. The van der Waals surface area contributed by atoms with E-state index in [0.717, 1.165) is 43.8 Å². The van der Waals surface area contributed by atoms with Gasteiger partial charge in [0.25, 0.3) is 0 Å². The highest BCUT2D eigenvalue weighted by Crippen LogP contribution is 2.61. The number of hydrogen-bond acceptors (Lipinski definition) is 2. The number of benzene rings is 2. The average Bonchev–Trinajstić information content (AvgIpc) is 2.77. The van der Waals surface area contributed by atoms with Gasteiger partial charge < -0.3 is 10.6 Å². The van der Waals surface area contributed by atoms with Crippen molar-refractivity contribution in [1.82, 2.24) is 10.6 Å². The molecule has 0 amide bonds. The number of fused-ring (bicyclic) bond motifs is 2. The average molecular weight is 391 g/mol. The number of rotatable bonds is 10. The highest BCUT2D eigenvalue weighted by atomic mass is 14.9. The van der Waals surface area contributed by atoms with Gasteiger partial charge >= 0.3 is 0 Å². The van der Waals surface area contributed by atoms with Gasteiger partial charge in [-0.25, -0.2) is 0 Å². The lowest BCUT2D eigenvalue weighted by atomic mass is 9.45. The van der Waals surface area contributed by atoms with Gasteiger partial charge in [0, 0.05) is 19.0 Å². The Morgan fingerprint density at radius 2 is 1.45 bits per heavy atom. The first-order chi connectivity index (χ1) is 14.2. The fourth-order valence-electron chi connectivity index (χ4n) is 5.94. The maximum Gasteiger partial charge on any atom is 0.0101 e. The van der Waals surface area contributed by atoms with Crippen LogP contribution in [0.1, 0.15) is 56.6 Å². The largest absolute Gasteiger partial charge is 0.315 e. The van der Waals surface area contributed by atoms with E-state index in [1.807, 2.05) is 0 Å². The molecule has 2 aromatic carbocycles. The fraction of sp³-hybridized carbons (Fsp3) is 0.556. The van der Waals surface area contributed by atoms with Crippen LogP contribution in [-0.2, 0) is 0 Å². The molecular weight excluding hydrogens is 352 g/mol. The molecule has 3 fully saturated rings. The summed E-state index contributed by atoms with van der Waals surface area (Å²) in [6.45, 7) is 9.38. The van der Waals surface area contributed by atoms with Gasteiger partial charge in [-0.2, -0.15) is 0 Å². The molecule has 0 spiro atoms. The van der Waals surface area contributed by atoms with Crippen molar-refractivity contribution >= 4 is 0 Å². The van der Waals surface area contributed by atoms with E-state index in [1.54, 1.807) is 0 Å². The van der Waals surface area contributed by atoms with Crippen LogP contribution in [0.4, 0.5) is 0 Å². The minimum absolute atomic E-state index is 0.467. The van der Waals surface area contributed by atoms with Crippen LogP contribution < -0.4 is 10.6 Å². The van der Waals surface area contributed by atoms with Gasteiger partial charge in [-0.05, 0) is 73.1 Å². The Morgan fingerprint density at radius 1 is 0.828 bits per heavy atom. The monoisotopic (exact) mass is 390 g/mol. The van der Waals surface area contributed by atoms with E-state index in [2.05, 4.69) is 85.1 Å². The second-order valence-electron chi connectivity index (χ2n) is 9.81. The molecule has 3 saturated carbocycles. The van der Waals surface area contributed by atoms with Crippen molar-refractivity contribution in [2.45, 2.75) is 45.4 Å². The smallest absolute Gasteiger partial charge is 0.0101 e. The summed E-state index contributed by atoms with van der Waals surface area (Å²) in [6, 6.07) is 21.9. The van der Waals surface area contributed by atoms with Crippen molar-refractivity contribution < 1.29 is 0 Å². The summed E-state index contributed by atoms with van der Waals surface area (Å²) in [5.74, 6) is 3.33. The molecule has 29 heavy (non-hydrogen) atoms. The lowest BCUT2D eigenvalue weighted by Crippen LogP contribution is -2.54. The van der Waals surface area contributed by atoms with E-state index < -0.39 is 0 Å². The Morgan fingerprint density at radius 3 is 2.03 bits per heavy atom. The van der Waals surface area contributed by atoms with Crippen molar-refractivity contribution in [2.24, 2.45) is 23.2 Å². The fourth-order valence-corrected chi connectivity index (χ4v) is 5.94. The molecule has 0 unspecified atom stereocenters. The molecule has 3 atom stereocenters. The third-order valence-electron chi connectivity index (χ3n) is 7.90. The van der Waals surface area contributed by atoms with Gasteiger partial charge in [-0.1, -0.05) is 74.5 Å². The molecule has 2 aromatic rings. The molecule has 2 heteroatoms. The Bertz CT molecular complexity index is 698. The SMILES string of the molecule is CC1(C)[C@H]2CC[C@@H](CNCCNCCC(c3ccccc3)c3ccccc3)[C@@H]1C2. The Hall–Kier alpha value is -1.64. The Labute approximate surface area is 177 Å². The molecule has 0 aromatic heterocycles. The lowest BCUT2D eigenvalue weighted by Gasteiger charge is -2.60. The first-order valence-corrected chi connectivity index (χ1v) is 11.7. The second-order valence-corrected chi connectivity index (χ2v) is 9.81. The van der Waals surface area contributed by atoms with Crippen LogP contribution in [0.3, 0.4) is 0 Å². The highest BCUT2D eigenvalue weighted by molar-refractivity contribution is 5.32. The van der Waals surface area contributed by atoms with Gasteiger partial charge in [0.2, 0.25) is 0 Å². The zero-order valence-corrected chi connectivity index (χ0v) is 18.2. The zero-order chi connectivity index (χ0) is 20.1. The summed E-state index contributed by atoms with van der Waals surface area (Å²) in [4.78, 5) is 0. The van der Waals surface area contributed by atoms with Crippen LogP contribution in [0, 0.1) is 23.2 Å². The predicted octanol–water partition coefficient (Wildman–Crippen LogP) is 5.46. The van der Waals surface area contributed by atoms with Crippen molar-refractivity contribution in [3.63, 3.8) is 0 Å². The van der Waals surface area contributed by atoms with Crippen LogP contribution >= 0.6 is 0 Å². The molecular formula is C27H38N2. The molecule has 0 aliphatic heterocycles. The minimum atomic E-state index is 0.467. The first-order valence-electron chi connectivity index (χ1n) is 11.7. The van der Waals surface area contributed by atoms with Crippen LogP contribution in [0.15, 0.2) is 60.7 Å². The maximum absolute atomic E-state index is 3.74. The second kappa shape index (κ2) is 9.45. The maximum atomic E-state index is 3.74. The van der Waals surface area contributed by atoms with E-state index in [4.69, 9.17) is 0 Å². The van der Waals surface area contributed by atoms with Gasteiger partial charge in [0.1, 0.15) is 0 Å². The van der Waals surface area contributed by atoms with Gasteiger partial charge in [-0.3, -0.25) is 0 Å². The Balaban J connectivity index is 1.17. The summed E-state index contributed by atoms with van der Waals surface area (Å²) in [5, 5.41) is 7.40. The third-order valence-corrected chi connectivity index (χ3v) is 7.90. The first kappa shape index (κ1) is 20.6. The molecule has 5 rings (SSSR count). The highest BCUT2D eigenvalue weighted by Gasteiger charge is 2.53. The lowest BCUT2D eigenvalue weighted by molar-refractivity contribution is -0.103. The van der Waals surface area contributed by atoms with Crippen LogP contribution in [0.25, 0.3) is 0 Å². The molecule has 0 saturated heterocycles. The quantitative estimate of drug-likeness (QED) is 0.526. The number of hydrogen-bond donors (Lipinski definition) is 2. The van der Waals surface area contributed by atoms with Crippen LogP contribution in [0.2, 0.25) is 0 Å². The molecule has 3 aliphatic rings. The minimum Gasteiger partial charge on any atom is -0.315 e. The zero-order valence-electron chi connectivity index (χ0n) is 18.2. The van der Waals surface area contributed by atoms with E-state index in [1.165, 1.54) is 36.9 Å². The summed E-state index contributed by atoms with van der Waals surface area (Å²) in [6.07, 6.45) is 5.51. The third kappa shape index (κ3) is 4.75. The molecule has 0 radical (unpaired) electrons. The molecule has 3 aliphatic carbocycles. The van der Waals surface area contributed by atoms with Crippen molar-refractivity contribution in [3.8, 4) is 0 Å². The standard InChI is InChI=1S/C27H38N2/c1-27(2)24-14-13-23(26(27)19-24)20-29-18-17-28-16-15-25(21-9-5-3-6-10-21)22-11-7-4-8-12-22/h3-12,23-26,28-29H,13-20H2,1-2H3/t23-,24-,26-/m0/s1. The molecule has 0 heterocycles. The van der Waals surface area contributed by atoms with E-state index in [-0.39, 0.29) is 0 Å². The Kier molecular flexibility index (Phi) is 6.72. The van der Waals surface area contributed by atoms with E-state index in [0.29, 0.717) is 11.3 Å². The molecule has 2 nitrogen and oxygen atoms in total. The normalized spacial score (nSPS) is 25.0.